The smallest absolute Gasteiger partial charge is 0.306 e. The zero-order chi connectivity index (χ0) is 24.7. The molecule has 0 bridgehead atoms. The molecule has 0 spiro atoms. The molecule has 1 fully saturated rings. The van der Waals surface area contributed by atoms with E-state index >= 15 is 0 Å². The van der Waals surface area contributed by atoms with Crippen LogP contribution < -0.4 is 20.1 Å². The van der Waals surface area contributed by atoms with Crippen LogP contribution in [0.4, 0.5) is 0 Å². The second-order valence-corrected chi connectivity index (χ2v) is 8.67. The molecule has 8 nitrogen and oxygen atoms in total. The van der Waals surface area contributed by atoms with Crippen molar-refractivity contribution in [3.63, 3.8) is 0 Å². The van der Waals surface area contributed by atoms with Gasteiger partial charge >= 0.3 is 5.97 Å². The molecule has 2 amide bonds. The molecule has 0 radical (unpaired) electrons. The summed E-state index contributed by atoms with van der Waals surface area (Å²) in [5, 5.41) is 15.0. The van der Waals surface area contributed by atoms with Crippen LogP contribution >= 0.6 is 11.6 Å². The van der Waals surface area contributed by atoms with E-state index < -0.39 is 5.97 Å². The average molecular weight is 489 g/mol. The molecule has 0 aliphatic heterocycles. The Morgan fingerprint density at radius 3 is 2.26 bits per heavy atom. The fourth-order valence-corrected chi connectivity index (χ4v) is 4.20. The molecule has 1 saturated carbocycles. The van der Waals surface area contributed by atoms with Crippen LogP contribution in [0.15, 0.2) is 36.4 Å². The first kappa shape index (κ1) is 25.4. The highest BCUT2D eigenvalue weighted by molar-refractivity contribution is 6.32. The molecule has 0 atom stereocenters. The molecule has 2 aromatic carbocycles. The van der Waals surface area contributed by atoms with Crippen molar-refractivity contribution in [1.29, 1.82) is 0 Å². The monoisotopic (exact) mass is 488 g/mol. The van der Waals surface area contributed by atoms with Crippen LogP contribution in [0, 0.1) is 12.8 Å². The number of carbonyl (C=O) groups is 3. The minimum Gasteiger partial charge on any atom is -0.495 e. The SMILES string of the molecule is COc1ccc(C(=O)NCCNC(=O)c2ccc(OC3CCC(C(=O)O)CC3)cc2C)cc1Cl. The molecule has 3 N–H and O–H groups in total. The van der Waals surface area contributed by atoms with Crippen molar-refractivity contribution in [2.45, 2.75) is 38.7 Å². The van der Waals surface area contributed by atoms with Gasteiger partial charge in [-0.3, -0.25) is 14.4 Å². The van der Waals surface area contributed by atoms with Gasteiger partial charge in [-0.05, 0) is 74.6 Å². The van der Waals surface area contributed by atoms with Gasteiger partial charge < -0.3 is 25.2 Å². The van der Waals surface area contributed by atoms with Gasteiger partial charge in [0.2, 0.25) is 0 Å². The number of nitrogens with one attached hydrogen (secondary N) is 2. The van der Waals surface area contributed by atoms with Gasteiger partial charge in [0.15, 0.2) is 0 Å². The molecule has 182 valence electrons. The summed E-state index contributed by atoms with van der Waals surface area (Å²) in [5.74, 6) is -0.413. The van der Waals surface area contributed by atoms with Crippen molar-refractivity contribution in [3.8, 4) is 11.5 Å². The molecule has 1 aliphatic rings. The Labute approximate surface area is 203 Å². The number of methoxy groups -OCH3 is 1. The number of ether oxygens (including phenoxy) is 2. The standard InChI is InChI=1S/C25H29ClN2O6/c1-15-13-19(34-18-6-3-16(4-7-18)25(31)32)8-9-20(15)24(30)28-12-11-27-23(29)17-5-10-22(33-2)21(26)14-17/h5,8-10,13-14,16,18H,3-4,6-7,11-12H2,1-2H3,(H,27,29)(H,28,30)(H,31,32). The molecule has 34 heavy (non-hydrogen) atoms. The predicted molar refractivity (Wildman–Crippen MR) is 128 cm³/mol. The number of hydrogen-bond donors (Lipinski definition) is 3. The van der Waals surface area contributed by atoms with Crippen LogP contribution in [0.5, 0.6) is 11.5 Å². The molecular weight excluding hydrogens is 460 g/mol. The van der Waals surface area contributed by atoms with E-state index in [2.05, 4.69) is 10.6 Å². The topological polar surface area (TPSA) is 114 Å². The molecule has 0 aromatic heterocycles. The van der Waals surface area contributed by atoms with Crippen molar-refractivity contribution in [2.24, 2.45) is 5.92 Å². The number of hydrogen-bond acceptors (Lipinski definition) is 5. The Morgan fingerprint density at radius 1 is 1.00 bits per heavy atom. The molecule has 3 rings (SSSR count). The van der Waals surface area contributed by atoms with Crippen molar-refractivity contribution in [3.05, 3.63) is 58.1 Å². The second-order valence-electron chi connectivity index (χ2n) is 8.27. The fraction of sp³-hybridized carbons (Fsp3) is 0.400. The van der Waals surface area contributed by atoms with Gasteiger partial charge in [-0.15, -0.1) is 0 Å². The van der Waals surface area contributed by atoms with Gasteiger partial charge in [-0.2, -0.15) is 0 Å². The van der Waals surface area contributed by atoms with E-state index in [1.807, 2.05) is 13.0 Å². The summed E-state index contributed by atoms with van der Waals surface area (Å²) >= 11 is 6.05. The van der Waals surface area contributed by atoms with Gasteiger partial charge in [-0.1, -0.05) is 11.6 Å². The van der Waals surface area contributed by atoms with Crippen LogP contribution in [0.2, 0.25) is 5.02 Å². The van der Waals surface area contributed by atoms with Crippen LogP contribution in [-0.4, -0.2) is 49.2 Å². The minimum absolute atomic E-state index is 0.0149. The third kappa shape index (κ3) is 6.63. The molecule has 0 heterocycles. The molecular formula is C25H29ClN2O6. The maximum atomic E-state index is 12.5. The number of carboxylic acids is 1. The summed E-state index contributed by atoms with van der Waals surface area (Å²) in [6.07, 6.45) is 2.61. The molecule has 0 unspecified atom stereocenters. The molecule has 1 aliphatic carbocycles. The maximum absolute atomic E-state index is 12.5. The summed E-state index contributed by atoms with van der Waals surface area (Å²) < 4.78 is 11.1. The number of carboxylic acid groups (broad SMARTS) is 1. The highest BCUT2D eigenvalue weighted by Gasteiger charge is 2.27. The van der Waals surface area contributed by atoms with Crippen molar-refractivity contribution in [2.75, 3.05) is 20.2 Å². The lowest BCUT2D eigenvalue weighted by atomic mass is 9.87. The van der Waals surface area contributed by atoms with Crippen LogP contribution in [-0.2, 0) is 4.79 Å². The summed E-state index contributed by atoms with van der Waals surface area (Å²) in [6.45, 7) is 2.35. The van der Waals surface area contributed by atoms with Gasteiger partial charge in [-0.25, -0.2) is 0 Å². The van der Waals surface area contributed by atoms with Crippen molar-refractivity contribution in [1.82, 2.24) is 10.6 Å². The first-order valence-corrected chi connectivity index (χ1v) is 11.6. The van der Waals surface area contributed by atoms with Crippen LogP contribution in [0.3, 0.4) is 0 Å². The Balaban J connectivity index is 1.44. The number of amides is 2. The zero-order valence-electron chi connectivity index (χ0n) is 19.2. The average Bonchev–Trinajstić information content (AvgIpc) is 2.82. The molecule has 0 saturated heterocycles. The largest absolute Gasteiger partial charge is 0.495 e. The number of halogens is 1. The van der Waals surface area contributed by atoms with Gasteiger partial charge in [0, 0.05) is 24.2 Å². The summed E-state index contributed by atoms with van der Waals surface area (Å²) in [6, 6.07) is 10.0. The Hall–Kier alpha value is -3.26. The summed E-state index contributed by atoms with van der Waals surface area (Å²) in [4.78, 5) is 35.9. The highest BCUT2D eigenvalue weighted by atomic mass is 35.5. The quantitative estimate of drug-likeness (QED) is 0.462. The summed E-state index contributed by atoms with van der Waals surface area (Å²) in [5.41, 5.74) is 1.70. The fourth-order valence-electron chi connectivity index (χ4n) is 3.94. The Morgan fingerprint density at radius 2 is 1.68 bits per heavy atom. The van der Waals surface area contributed by atoms with E-state index in [0.29, 0.717) is 53.3 Å². The zero-order valence-corrected chi connectivity index (χ0v) is 20.0. The number of rotatable bonds is 9. The van der Waals surface area contributed by atoms with Crippen molar-refractivity contribution < 1.29 is 29.0 Å². The number of aryl methyl sites for hydroxylation is 1. The summed E-state index contributed by atoms with van der Waals surface area (Å²) in [7, 11) is 1.50. The first-order chi connectivity index (χ1) is 16.3. The van der Waals surface area contributed by atoms with Gasteiger partial charge in [0.25, 0.3) is 11.8 Å². The van der Waals surface area contributed by atoms with E-state index in [0.717, 1.165) is 5.56 Å². The lowest BCUT2D eigenvalue weighted by Gasteiger charge is -2.27. The van der Waals surface area contributed by atoms with Gasteiger partial charge in [0.05, 0.1) is 24.2 Å². The maximum Gasteiger partial charge on any atom is 0.306 e. The second kappa shape index (κ2) is 11.7. The molecule has 2 aromatic rings. The van der Waals surface area contributed by atoms with Crippen molar-refractivity contribution >= 4 is 29.4 Å². The third-order valence-electron chi connectivity index (χ3n) is 5.88. The lowest BCUT2D eigenvalue weighted by molar-refractivity contribution is -0.143. The third-order valence-corrected chi connectivity index (χ3v) is 6.17. The normalized spacial score (nSPS) is 17.5. The molecule has 9 heteroatoms. The number of aliphatic carboxylic acids is 1. The van der Waals surface area contributed by atoms with E-state index in [9.17, 15) is 14.4 Å². The van der Waals surface area contributed by atoms with Gasteiger partial charge in [0.1, 0.15) is 11.5 Å². The van der Waals surface area contributed by atoms with E-state index in [1.54, 1.807) is 24.3 Å². The minimum atomic E-state index is -0.741. The predicted octanol–water partition coefficient (Wildman–Crippen LogP) is 3.84. The van der Waals surface area contributed by atoms with Crippen LogP contribution in [0.25, 0.3) is 0 Å². The van der Waals surface area contributed by atoms with E-state index in [-0.39, 0.29) is 36.9 Å². The van der Waals surface area contributed by atoms with E-state index in [1.165, 1.54) is 13.2 Å². The Bertz CT molecular complexity index is 1050. The number of carbonyl (C=O) groups excluding carboxylic acids is 2. The Kier molecular flexibility index (Phi) is 8.76. The lowest BCUT2D eigenvalue weighted by Crippen LogP contribution is -2.35. The first-order valence-electron chi connectivity index (χ1n) is 11.2. The highest BCUT2D eigenvalue weighted by Crippen LogP contribution is 2.29. The van der Waals surface area contributed by atoms with Crippen LogP contribution in [0.1, 0.15) is 52.0 Å². The number of benzene rings is 2. The van der Waals surface area contributed by atoms with E-state index in [4.69, 9.17) is 26.2 Å².